The summed E-state index contributed by atoms with van der Waals surface area (Å²) in [6.45, 7) is 0.372. The Hall–Kier alpha value is -2.74. The van der Waals surface area contributed by atoms with Crippen molar-refractivity contribution in [3.05, 3.63) is 42.0 Å². The minimum atomic E-state index is -0.340. The van der Waals surface area contributed by atoms with E-state index in [1.54, 1.807) is 7.11 Å². The summed E-state index contributed by atoms with van der Waals surface area (Å²) < 4.78 is 5.20. The highest BCUT2D eigenvalue weighted by atomic mass is 16.5. The molecule has 0 aliphatic carbocycles. The van der Waals surface area contributed by atoms with E-state index < -0.39 is 0 Å². The Labute approximate surface area is 116 Å². The van der Waals surface area contributed by atoms with Crippen LogP contribution in [0.3, 0.4) is 0 Å². The number of hydrogen-bond acceptors (Lipinski definition) is 3. The Kier molecular flexibility index (Phi) is 2.92. The quantitative estimate of drug-likeness (QED) is 0.850. The van der Waals surface area contributed by atoms with E-state index in [4.69, 9.17) is 10.00 Å². The lowest BCUT2D eigenvalue weighted by molar-refractivity contribution is 0.232. The van der Waals surface area contributed by atoms with Gasteiger partial charge in [0.25, 0.3) is 0 Å². The summed E-state index contributed by atoms with van der Waals surface area (Å²) in [5.41, 5.74) is 0.994. The summed E-state index contributed by atoms with van der Waals surface area (Å²) in [4.78, 5) is 12.6. The molecule has 1 aliphatic rings. The van der Waals surface area contributed by atoms with Gasteiger partial charge in [-0.2, -0.15) is 5.26 Å². The molecule has 0 bridgehead atoms. The summed E-state index contributed by atoms with van der Waals surface area (Å²) in [7, 11) is 1.64. The van der Waals surface area contributed by atoms with E-state index in [0.29, 0.717) is 6.54 Å². The zero-order valence-electron chi connectivity index (χ0n) is 11.0. The summed E-state index contributed by atoms with van der Waals surface area (Å²) in [6, 6.07) is 11.4. The average molecular weight is 267 g/mol. The first kappa shape index (κ1) is 12.3. The molecule has 1 atom stereocenters. The van der Waals surface area contributed by atoms with Crippen LogP contribution in [-0.2, 0) is 0 Å². The normalized spacial score (nSPS) is 17.9. The number of fused-ring (bicyclic) bond motifs is 1. The highest BCUT2D eigenvalue weighted by Gasteiger charge is 2.29. The van der Waals surface area contributed by atoms with Gasteiger partial charge in [-0.15, -0.1) is 0 Å². The molecular formula is C15H13N3O2. The third kappa shape index (κ3) is 2.01. The van der Waals surface area contributed by atoms with Crippen LogP contribution in [0.2, 0.25) is 0 Å². The van der Waals surface area contributed by atoms with Crippen molar-refractivity contribution in [2.45, 2.75) is 6.04 Å². The Morgan fingerprint density at radius 1 is 1.30 bits per heavy atom. The molecule has 2 aromatic carbocycles. The van der Waals surface area contributed by atoms with Crippen LogP contribution < -0.4 is 10.1 Å². The van der Waals surface area contributed by atoms with Gasteiger partial charge in [-0.05, 0) is 34.5 Å². The van der Waals surface area contributed by atoms with Crippen LogP contribution in [0.5, 0.6) is 5.75 Å². The lowest BCUT2D eigenvalue weighted by atomic mass is 10.0. The fourth-order valence-electron chi connectivity index (χ4n) is 2.40. The molecule has 1 fully saturated rings. The van der Waals surface area contributed by atoms with Crippen molar-refractivity contribution in [1.29, 1.82) is 5.26 Å². The maximum Gasteiger partial charge on any atom is 0.331 e. The minimum absolute atomic E-state index is 0.145. The summed E-state index contributed by atoms with van der Waals surface area (Å²) in [6.07, 6.45) is 1.87. The van der Waals surface area contributed by atoms with Gasteiger partial charge < -0.3 is 10.1 Å². The van der Waals surface area contributed by atoms with Crippen LogP contribution in [0.25, 0.3) is 10.8 Å². The molecule has 5 nitrogen and oxygen atoms in total. The number of urea groups is 1. The van der Waals surface area contributed by atoms with E-state index in [2.05, 4.69) is 5.32 Å². The molecule has 0 radical (unpaired) electrons. The number of benzene rings is 2. The second-order valence-corrected chi connectivity index (χ2v) is 4.69. The number of hydrogen-bond donors (Lipinski definition) is 1. The van der Waals surface area contributed by atoms with E-state index in [-0.39, 0.29) is 12.1 Å². The molecule has 1 heterocycles. The Balaban J connectivity index is 1.94. The van der Waals surface area contributed by atoms with Crippen molar-refractivity contribution in [2.24, 2.45) is 0 Å². The number of amides is 2. The van der Waals surface area contributed by atoms with Crippen LogP contribution >= 0.6 is 0 Å². The molecule has 2 aromatic rings. The van der Waals surface area contributed by atoms with Crippen LogP contribution in [-0.4, -0.2) is 24.6 Å². The molecule has 5 heteroatoms. The molecule has 1 N–H and O–H groups in total. The second-order valence-electron chi connectivity index (χ2n) is 4.69. The third-order valence-electron chi connectivity index (χ3n) is 3.50. The van der Waals surface area contributed by atoms with Crippen molar-refractivity contribution < 1.29 is 9.53 Å². The molecular weight excluding hydrogens is 254 g/mol. The minimum Gasteiger partial charge on any atom is -0.497 e. The van der Waals surface area contributed by atoms with Gasteiger partial charge in [-0.1, -0.05) is 18.2 Å². The van der Waals surface area contributed by atoms with E-state index in [1.807, 2.05) is 42.6 Å². The van der Waals surface area contributed by atoms with Gasteiger partial charge in [0.15, 0.2) is 6.19 Å². The van der Waals surface area contributed by atoms with Gasteiger partial charge in [-0.3, -0.25) is 0 Å². The van der Waals surface area contributed by atoms with Crippen molar-refractivity contribution in [1.82, 2.24) is 10.2 Å². The van der Waals surface area contributed by atoms with Gasteiger partial charge in [-0.25, -0.2) is 9.69 Å². The monoisotopic (exact) mass is 267 g/mol. The van der Waals surface area contributed by atoms with Crippen molar-refractivity contribution in [3.63, 3.8) is 0 Å². The zero-order chi connectivity index (χ0) is 14.1. The van der Waals surface area contributed by atoms with Gasteiger partial charge in [0.05, 0.1) is 19.7 Å². The SMILES string of the molecule is COc1ccc2cc(C3CN(C#N)C(=O)N3)ccc2c1. The first-order chi connectivity index (χ1) is 9.71. The molecule has 100 valence electrons. The fourth-order valence-corrected chi connectivity index (χ4v) is 2.40. The highest BCUT2D eigenvalue weighted by Crippen LogP contribution is 2.26. The molecule has 20 heavy (non-hydrogen) atoms. The van der Waals surface area contributed by atoms with Crippen LogP contribution in [0.15, 0.2) is 36.4 Å². The van der Waals surface area contributed by atoms with Crippen LogP contribution in [0.1, 0.15) is 11.6 Å². The lowest BCUT2D eigenvalue weighted by Gasteiger charge is -2.10. The Morgan fingerprint density at radius 3 is 2.75 bits per heavy atom. The average Bonchev–Trinajstić information content (AvgIpc) is 2.87. The third-order valence-corrected chi connectivity index (χ3v) is 3.50. The zero-order valence-corrected chi connectivity index (χ0v) is 11.0. The number of carbonyl (C=O) groups is 1. The van der Waals surface area contributed by atoms with Gasteiger partial charge >= 0.3 is 6.03 Å². The number of carbonyl (C=O) groups excluding carboxylic acids is 1. The van der Waals surface area contributed by atoms with Gasteiger partial charge in [0.1, 0.15) is 5.75 Å². The Morgan fingerprint density at radius 2 is 2.05 bits per heavy atom. The van der Waals surface area contributed by atoms with Gasteiger partial charge in [0.2, 0.25) is 0 Å². The number of nitriles is 1. The number of rotatable bonds is 2. The van der Waals surface area contributed by atoms with Crippen molar-refractivity contribution >= 4 is 16.8 Å². The predicted octanol–water partition coefficient (Wildman–Crippen LogP) is 2.40. The van der Waals surface area contributed by atoms with E-state index in [9.17, 15) is 4.79 Å². The number of ether oxygens (including phenoxy) is 1. The van der Waals surface area contributed by atoms with E-state index in [0.717, 1.165) is 27.0 Å². The summed E-state index contributed by atoms with van der Waals surface area (Å²) in [5.74, 6) is 0.815. The summed E-state index contributed by atoms with van der Waals surface area (Å²) >= 11 is 0. The number of nitrogens with one attached hydrogen (secondary N) is 1. The summed E-state index contributed by atoms with van der Waals surface area (Å²) in [5, 5.41) is 13.8. The fraction of sp³-hybridized carbons (Fsp3) is 0.200. The van der Waals surface area contributed by atoms with E-state index in [1.165, 1.54) is 0 Å². The maximum absolute atomic E-state index is 11.5. The molecule has 1 saturated heterocycles. The predicted molar refractivity (Wildman–Crippen MR) is 74.1 cm³/mol. The lowest BCUT2D eigenvalue weighted by Crippen LogP contribution is -2.23. The van der Waals surface area contributed by atoms with Crippen LogP contribution in [0, 0.1) is 11.5 Å². The van der Waals surface area contributed by atoms with Crippen molar-refractivity contribution in [3.8, 4) is 11.9 Å². The number of nitrogens with zero attached hydrogens (tertiary/aromatic N) is 2. The number of methoxy groups -OCH3 is 1. The Bertz CT molecular complexity index is 721. The largest absolute Gasteiger partial charge is 0.497 e. The molecule has 3 rings (SSSR count). The molecule has 0 aromatic heterocycles. The smallest absolute Gasteiger partial charge is 0.331 e. The molecule has 1 aliphatic heterocycles. The van der Waals surface area contributed by atoms with Crippen molar-refractivity contribution in [2.75, 3.05) is 13.7 Å². The highest BCUT2D eigenvalue weighted by molar-refractivity contribution is 5.85. The first-order valence-corrected chi connectivity index (χ1v) is 6.27. The maximum atomic E-state index is 11.5. The molecule has 1 unspecified atom stereocenters. The molecule has 0 saturated carbocycles. The topological polar surface area (TPSA) is 65.4 Å². The van der Waals surface area contributed by atoms with Gasteiger partial charge in [0, 0.05) is 0 Å². The molecule has 0 spiro atoms. The molecule has 2 amide bonds. The first-order valence-electron chi connectivity index (χ1n) is 6.27. The van der Waals surface area contributed by atoms with E-state index >= 15 is 0 Å². The second kappa shape index (κ2) is 4.74. The standard InChI is InChI=1S/C15H13N3O2/c1-20-13-5-4-10-6-12(3-2-11(10)7-13)14-8-18(9-16)15(19)17-14/h2-7,14H,8H2,1H3,(H,17,19). The van der Waals surface area contributed by atoms with Crippen LogP contribution in [0.4, 0.5) is 4.79 Å².